The highest BCUT2D eigenvalue weighted by Gasteiger charge is 2.30. The second-order valence-corrected chi connectivity index (χ2v) is 9.38. The van der Waals surface area contributed by atoms with Crippen molar-refractivity contribution in [3.8, 4) is 11.6 Å². The molecule has 2 aromatic heterocycles. The lowest BCUT2D eigenvalue weighted by Gasteiger charge is -2.31. The molecule has 0 unspecified atom stereocenters. The molecule has 0 aliphatic carbocycles. The molecule has 1 saturated heterocycles. The molecule has 0 radical (unpaired) electrons. The fourth-order valence-corrected chi connectivity index (χ4v) is 4.41. The van der Waals surface area contributed by atoms with Crippen LogP contribution in [-0.2, 0) is 0 Å². The van der Waals surface area contributed by atoms with E-state index in [2.05, 4.69) is 15.3 Å². The van der Waals surface area contributed by atoms with E-state index in [0.29, 0.717) is 30.3 Å². The first kappa shape index (κ1) is 27.5. The third kappa shape index (κ3) is 6.57. The second kappa shape index (κ2) is 12.0. The van der Waals surface area contributed by atoms with E-state index in [0.717, 1.165) is 12.1 Å². The number of ketones is 1. The van der Waals surface area contributed by atoms with Crippen LogP contribution in [0.3, 0.4) is 0 Å². The average Bonchev–Trinajstić information content (AvgIpc) is 2.99. The second-order valence-electron chi connectivity index (χ2n) is 9.38. The number of carbonyl (C=O) groups excluding carboxylic acids is 3. The van der Waals surface area contributed by atoms with E-state index >= 15 is 0 Å². The van der Waals surface area contributed by atoms with Crippen molar-refractivity contribution >= 4 is 23.3 Å². The van der Waals surface area contributed by atoms with Gasteiger partial charge in [-0.05, 0) is 67.4 Å². The van der Waals surface area contributed by atoms with Crippen molar-refractivity contribution in [1.29, 1.82) is 0 Å². The van der Waals surface area contributed by atoms with Gasteiger partial charge in [-0.25, -0.2) is 18.2 Å². The van der Waals surface area contributed by atoms with E-state index < -0.39 is 29.2 Å². The van der Waals surface area contributed by atoms with Gasteiger partial charge in [0.1, 0.15) is 28.9 Å². The first-order chi connectivity index (χ1) is 19.8. The van der Waals surface area contributed by atoms with Gasteiger partial charge >= 0.3 is 0 Å². The summed E-state index contributed by atoms with van der Waals surface area (Å²) in [4.78, 5) is 48.1. The van der Waals surface area contributed by atoms with Crippen molar-refractivity contribution in [1.82, 2.24) is 14.9 Å². The molecule has 0 saturated carbocycles. The number of amides is 2. The lowest BCUT2D eigenvalue weighted by atomic mass is 9.88. The van der Waals surface area contributed by atoms with Crippen LogP contribution in [0.25, 0.3) is 0 Å². The molecule has 2 amide bonds. The summed E-state index contributed by atoms with van der Waals surface area (Å²) < 4.78 is 45.7. The predicted molar refractivity (Wildman–Crippen MR) is 142 cm³/mol. The van der Waals surface area contributed by atoms with Crippen LogP contribution in [0.1, 0.15) is 44.0 Å². The molecule has 1 aliphatic rings. The Morgan fingerprint density at radius 3 is 2.20 bits per heavy atom. The summed E-state index contributed by atoms with van der Waals surface area (Å²) in [7, 11) is 0. The summed E-state index contributed by atoms with van der Waals surface area (Å²) in [6.45, 7) is 0.547. The number of halogens is 3. The van der Waals surface area contributed by atoms with Crippen LogP contribution in [0.4, 0.5) is 18.9 Å². The molecule has 208 valence electrons. The zero-order valence-corrected chi connectivity index (χ0v) is 21.5. The summed E-state index contributed by atoms with van der Waals surface area (Å²) in [5.41, 5.74) is 0.606. The Kier molecular flexibility index (Phi) is 8.04. The van der Waals surface area contributed by atoms with Gasteiger partial charge in [0.25, 0.3) is 11.8 Å². The molecule has 0 bridgehead atoms. The molecule has 0 atom stereocenters. The van der Waals surface area contributed by atoms with Crippen LogP contribution in [0.15, 0.2) is 79.1 Å². The minimum Gasteiger partial charge on any atom is -0.439 e. The number of aromatic nitrogens is 2. The number of piperidine rings is 1. The molecule has 0 spiro atoms. The standard InChI is InChI=1S/C30H23F3N4O4/c31-20-2-6-23(7-3-20)41-27-10-5-22(17-35-27)36-29(39)19-1-9-26(34-16-19)30(40)37-13-11-18(12-14-37)28(38)24-8-4-21(32)15-25(24)33/h1-10,15-18H,11-14H2,(H,36,39). The fraction of sp³-hybridized carbons (Fsp3) is 0.167. The first-order valence-electron chi connectivity index (χ1n) is 12.7. The minimum atomic E-state index is -0.897. The number of nitrogens with zero attached hydrogens (tertiary/aromatic N) is 3. The quantitative estimate of drug-likeness (QED) is 0.292. The van der Waals surface area contributed by atoms with Gasteiger partial charge in [-0.15, -0.1) is 0 Å². The Morgan fingerprint density at radius 1 is 0.829 bits per heavy atom. The molecule has 2 aromatic carbocycles. The van der Waals surface area contributed by atoms with Gasteiger partial charge in [0.15, 0.2) is 5.78 Å². The lowest BCUT2D eigenvalue weighted by Crippen LogP contribution is -2.40. The number of Topliss-reactive ketones (excluding diaryl/α,β-unsaturated/α-hetero) is 1. The summed E-state index contributed by atoms with van der Waals surface area (Å²) in [6, 6.07) is 14.4. The van der Waals surface area contributed by atoms with Crippen molar-refractivity contribution in [2.75, 3.05) is 18.4 Å². The van der Waals surface area contributed by atoms with Gasteiger partial charge in [-0.1, -0.05) is 0 Å². The van der Waals surface area contributed by atoms with Crippen molar-refractivity contribution in [2.45, 2.75) is 12.8 Å². The maximum Gasteiger partial charge on any atom is 0.272 e. The lowest BCUT2D eigenvalue weighted by molar-refractivity contribution is 0.0644. The smallest absolute Gasteiger partial charge is 0.272 e. The van der Waals surface area contributed by atoms with Crippen LogP contribution in [0.5, 0.6) is 11.6 Å². The molecule has 3 heterocycles. The molecule has 41 heavy (non-hydrogen) atoms. The van der Waals surface area contributed by atoms with Crippen LogP contribution < -0.4 is 10.1 Å². The van der Waals surface area contributed by atoms with Crippen molar-refractivity contribution in [3.63, 3.8) is 0 Å². The Morgan fingerprint density at radius 2 is 1.56 bits per heavy atom. The number of hydrogen-bond donors (Lipinski definition) is 1. The van der Waals surface area contributed by atoms with E-state index in [1.54, 1.807) is 17.0 Å². The van der Waals surface area contributed by atoms with Crippen molar-refractivity contribution in [3.05, 3.63) is 113 Å². The third-order valence-electron chi connectivity index (χ3n) is 6.62. The van der Waals surface area contributed by atoms with Crippen molar-refractivity contribution in [2.24, 2.45) is 5.92 Å². The number of ether oxygens (including phenoxy) is 1. The van der Waals surface area contributed by atoms with Crippen LogP contribution in [0.2, 0.25) is 0 Å². The van der Waals surface area contributed by atoms with Crippen LogP contribution in [0, 0.1) is 23.4 Å². The maximum absolute atomic E-state index is 14.0. The molecule has 1 aliphatic heterocycles. The van der Waals surface area contributed by atoms with Gasteiger partial charge in [-0.2, -0.15) is 0 Å². The number of anilines is 1. The normalized spacial score (nSPS) is 13.5. The number of hydrogen-bond acceptors (Lipinski definition) is 6. The number of pyridine rings is 2. The average molecular weight is 561 g/mol. The largest absolute Gasteiger partial charge is 0.439 e. The van der Waals surface area contributed by atoms with E-state index in [-0.39, 0.29) is 47.5 Å². The Bertz CT molecular complexity index is 1570. The van der Waals surface area contributed by atoms with Crippen molar-refractivity contribution < 1.29 is 32.3 Å². The number of rotatable bonds is 7. The van der Waals surface area contributed by atoms with Crippen LogP contribution >= 0.6 is 0 Å². The summed E-state index contributed by atoms with van der Waals surface area (Å²) >= 11 is 0. The number of likely N-dealkylation sites (tertiary alicyclic amines) is 1. The van der Waals surface area contributed by atoms with E-state index in [9.17, 15) is 27.6 Å². The summed E-state index contributed by atoms with van der Waals surface area (Å²) in [5, 5.41) is 2.68. The first-order valence-corrected chi connectivity index (χ1v) is 12.7. The zero-order valence-electron chi connectivity index (χ0n) is 21.5. The van der Waals surface area contributed by atoms with Gasteiger partial charge in [-0.3, -0.25) is 19.4 Å². The number of carbonyl (C=O) groups is 3. The highest BCUT2D eigenvalue weighted by molar-refractivity contribution is 6.04. The Hall–Kier alpha value is -5.06. The molecular weight excluding hydrogens is 537 g/mol. The summed E-state index contributed by atoms with van der Waals surface area (Å²) in [5.74, 6) is -3.06. The van der Waals surface area contributed by atoms with Gasteiger partial charge < -0.3 is 15.0 Å². The Balaban J connectivity index is 1.13. The van der Waals surface area contributed by atoms with E-state index in [4.69, 9.17) is 4.74 Å². The highest BCUT2D eigenvalue weighted by atomic mass is 19.1. The molecule has 8 nitrogen and oxygen atoms in total. The molecule has 11 heteroatoms. The van der Waals surface area contributed by atoms with Gasteiger partial charge in [0.2, 0.25) is 5.88 Å². The molecule has 1 fully saturated rings. The van der Waals surface area contributed by atoms with Crippen LogP contribution in [-0.4, -0.2) is 45.6 Å². The molecule has 4 aromatic rings. The monoisotopic (exact) mass is 560 g/mol. The molecule has 5 rings (SSSR count). The fourth-order valence-electron chi connectivity index (χ4n) is 4.41. The highest BCUT2D eigenvalue weighted by Crippen LogP contribution is 2.25. The predicted octanol–water partition coefficient (Wildman–Crippen LogP) is 5.67. The molecular formula is C30H23F3N4O4. The number of benzene rings is 2. The third-order valence-corrected chi connectivity index (χ3v) is 6.62. The Labute approximate surface area is 232 Å². The van der Waals surface area contributed by atoms with Gasteiger partial charge in [0, 0.05) is 37.3 Å². The zero-order chi connectivity index (χ0) is 28.9. The topological polar surface area (TPSA) is 101 Å². The minimum absolute atomic E-state index is 0.139. The summed E-state index contributed by atoms with van der Waals surface area (Å²) in [6.07, 6.45) is 3.36. The SMILES string of the molecule is O=C(Nc1ccc(Oc2ccc(F)cc2)nc1)c1ccc(C(=O)N2CCC(C(=O)c3ccc(F)cc3F)CC2)nc1. The molecule has 1 N–H and O–H groups in total. The van der Waals surface area contributed by atoms with E-state index in [1.807, 2.05) is 0 Å². The van der Waals surface area contributed by atoms with Gasteiger partial charge in [0.05, 0.1) is 23.0 Å². The maximum atomic E-state index is 14.0. The van der Waals surface area contributed by atoms with E-state index in [1.165, 1.54) is 48.8 Å². The number of nitrogens with one attached hydrogen (secondary N) is 1.